The molecule has 0 spiro atoms. The van der Waals surface area contributed by atoms with Crippen LogP contribution in [0.5, 0.6) is 0 Å². The number of rotatable bonds is 5. The van der Waals surface area contributed by atoms with E-state index in [-0.39, 0.29) is 5.13 Å². The third-order valence-corrected chi connectivity index (χ3v) is 5.89. The second-order valence-corrected chi connectivity index (χ2v) is 8.30. The monoisotopic (exact) mass is 443 g/mol. The molecule has 0 aliphatic heterocycles. The highest BCUT2D eigenvalue weighted by Gasteiger charge is 2.16. The maximum atomic E-state index is 13.6. The van der Waals surface area contributed by atoms with Crippen molar-refractivity contribution in [1.29, 1.82) is 0 Å². The number of aliphatic imine (C=N–C) groups is 1. The van der Waals surface area contributed by atoms with Crippen molar-refractivity contribution in [2.75, 3.05) is 0 Å². The highest BCUT2D eigenvalue weighted by molar-refractivity contribution is 7.14. The molecule has 0 amide bonds. The lowest BCUT2D eigenvalue weighted by atomic mass is 10.1. The van der Waals surface area contributed by atoms with Crippen LogP contribution in [0.4, 0.5) is 4.39 Å². The first-order valence-electron chi connectivity index (χ1n) is 9.72. The summed E-state index contributed by atoms with van der Waals surface area (Å²) in [5.41, 5.74) is 11.7. The molecule has 0 aliphatic carbocycles. The molecule has 0 aliphatic rings. The molecule has 0 saturated carbocycles. The lowest BCUT2D eigenvalue weighted by Crippen LogP contribution is -1.93. The largest absolute Gasteiger partial charge is 0.398 e. The maximum Gasteiger partial charge on any atom is 0.176 e. The molecule has 1 aromatic carbocycles. The number of imidazole rings is 1. The van der Waals surface area contributed by atoms with Crippen LogP contribution in [0.2, 0.25) is 0 Å². The van der Waals surface area contributed by atoms with Crippen LogP contribution in [0.25, 0.3) is 49.5 Å². The van der Waals surface area contributed by atoms with Gasteiger partial charge in [-0.2, -0.15) is 9.49 Å². The fourth-order valence-electron chi connectivity index (χ4n) is 3.44. The third kappa shape index (κ3) is 3.58. The van der Waals surface area contributed by atoms with E-state index in [0.717, 1.165) is 54.9 Å². The van der Waals surface area contributed by atoms with E-state index in [1.54, 1.807) is 24.7 Å². The number of hydrogen-bond donors (Lipinski definition) is 3. The number of fused-ring (bicyclic) bond motifs is 2. The van der Waals surface area contributed by atoms with E-state index in [4.69, 9.17) is 10.7 Å². The normalized spacial score (nSPS) is 12.4. The minimum absolute atomic E-state index is 0.248. The van der Waals surface area contributed by atoms with Crippen molar-refractivity contribution in [2.24, 2.45) is 10.7 Å². The van der Waals surface area contributed by atoms with Crippen molar-refractivity contribution in [2.45, 2.75) is 6.92 Å². The Balaban J connectivity index is 1.60. The molecule has 9 heteroatoms. The van der Waals surface area contributed by atoms with Crippen LogP contribution in [0, 0.1) is 5.13 Å². The number of halogens is 1. The van der Waals surface area contributed by atoms with Crippen molar-refractivity contribution >= 4 is 45.1 Å². The summed E-state index contributed by atoms with van der Waals surface area (Å²) in [7, 11) is 0. The number of aromatic amines is 2. The van der Waals surface area contributed by atoms with E-state index in [2.05, 4.69) is 31.7 Å². The summed E-state index contributed by atoms with van der Waals surface area (Å²) in [5.74, 6) is 0.605. The van der Waals surface area contributed by atoms with Crippen LogP contribution in [-0.4, -0.2) is 31.4 Å². The molecule has 0 atom stereocenters. The Morgan fingerprint density at radius 2 is 2.09 bits per heavy atom. The summed E-state index contributed by atoms with van der Waals surface area (Å²) in [5, 5.41) is 8.20. The predicted octanol–water partition coefficient (Wildman–Crippen LogP) is 5.27. The molecular weight excluding hydrogens is 425 g/mol. The molecule has 4 aromatic heterocycles. The average Bonchev–Trinajstić information content (AvgIpc) is 3.49. The highest BCUT2D eigenvalue weighted by atomic mass is 32.1. The number of pyridine rings is 1. The Labute approximate surface area is 186 Å². The smallest absolute Gasteiger partial charge is 0.176 e. The van der Waals surface area contributed by atoms with Crippen LogP contribution in [0.1, 0.15) is 12.5 Å². The van der Waals surface area contributed by atoms with E-state index >= 15 is 0 Å². The van der Waals surface area contributed by atoms with Crippen LogP contribution in [0.15, 0.2) is 66.2 Å². The fourth-order valence-corrected chi connectivity index (χ4v) is 4.19. The van der Waals surface area contributed by atoms with Crippen molar-refractivity contribution in [3.63, 3.8) is 0 Å². The molecule has 0 fully saturated rings. The van der Waals surface area contributed by atoms with Gasteiger partial charge in [-0.25, -0.2) is 4.98 Å². The second kappa shape index (κ2) is 7.86. The molecule has 7 nitrogen and oxygen atoms in total. The first kappa shape index (κ1) is 19.8. The molecule has 0 bridgehead atoms. The molecule has 32 heavy (non-hydrogen) atoms. The van der Waals surface area contributed by atoms with Crippen LogP contribution < -0.4 is 5.73 Å². The van der Waals surface area contributed by atoms with Gasteiger partial charge in [-0.1, -0.05) is 12.6 Å². The first-order chi connectivity index (χ1) is 15.5. The second-order valence-electron chi connectivity index (χ2n) is 7.27. The van der Waals surface area contributed by atoms with Gasteiger partial charge in [0.1, 0.15) is 11.2 Å². The standard InChI is InChI=1S/C23H18FN7S/c1-12(8-26-9-13(2)25)14-3-4-17-15(7-14)22(31-30-17)23-28-18-11-27-10-16(21(18)29-23)19-5-6-20(24)32-19/h3-11H,2,25H2,1H3,(H,28,29)(H,30,31)/b12-8+,26-9?. The zero-order valence-electron chi connectivity index (χ0n) is 17.1. The Bertz CT molecular complexity index is 1540. The van der Waals surface area contributed by atoms with Gasteiger partial charge in [0.15, 0.2) is 11.0 Å². The molecular formula is C23H18FN7S. The number of nitrogens with two attached hydrogens (primary N) is 1. The molecule has 0 unspecified atom stereocenters. The minimum atomic E-state index is -0.248. The number of allylic oxidation sites excluding steroid dienone is 2. The van der Waals surface area contributed by atoms with Crippen LogP contribution in [0.3, 0.4) is 0 Å². The molecule has 0 saturated heterocycles. The van der Waals surface area contributed by atoms with Gasteiger partial charge in [0.2, 0.25) is 0 Å². The van der Waals surface area contributed by atoms with Gasteiger partial charge < -0.3 is 10.7 Å². The maximum absolute atomic E-state index is 13.6. The molecule has 158 valence electrons. The first-order valence-corrected chi connectivity index (χ1v) is 10.5. The summed E-state index contributed by atoms with van der Waals surface area (Å²) in [6, 6.07) is 9.17. The van der Waals surface area contributed by atoms with Gasteiger partial charge >= 0.3 is 0 Å². The van der Waals surface area contributed by atoms with Gasteiger partial charge in [-0.15, -0.1) is 11.3 Å². The summed E-state index contributed by atoms with van der Waals surface area (Å²) in [6.45, 7) is 5.57. The molecule has 5 aromatic rings. The summed E-state index contributed by atoms with van der Waals surface area (Å²) >= 11 is 1.06. The zero-order chi connectivity index (χ0) is 22.2. The van der Waals surface area contributed by atoms with Gasteiger partial charge in [0.05, 0.1) is 17.2 Å². The Hall–Kier alpha value is -4.11. The summed E-state index contributed by atoms with van der Waals surface area (Å²) in [6.07, 6.45) is 6.64. The minimum Gasteiger partial charge on any atom is -0.398 e. The lowest BCUT2D eigenvalue weighted by Gasteiger charge is -2.01. The number of nitrogens with zero attached hydrogens (tertiary/aromatic N) is 4. The molecule has 0 radical (unpaired) electrons. The van der Waals surface area contributed by atoms with E-state index in [1.807, 2.05) is 25.1 Å². The number of thiophene rings is 1. The predicted molar refractivity (Wildman–Crippen MR) is 128 cm³/mol. The number of nitrogens with one attached hydrogen (secondary N) is 2. The Morgan fingerprint density at radius 3 is 2.88 bits per heavy atom. The number of hydrogen-bond acceptors (Lipinski definition) is 6. The van der Waals surface area contributed by atoms with E-state index < -0.39 is 0 Å². The zero-order valence-corrected chi connectivity index (χ0v) is 17.9. The van der Waals surface area contributed by atoms with E-state index in [0.29, 0.717) is 17.2 Å². The summed E-state index contributed by atoms with van der Waals surface area (Å²) < 4.78 is 13.6. The van der Waals surface area contributed by atoms with Gasteiger partial charge in [-0.3, -0.25) is 15.1 Å². The quantitative estimate of drug-likeness (QED) is 0.321. The highest BCUT2D eigenvalue weighted by Crippen LogP contribution is 2.34. The Morgan fingerprint density at radius 1 is 1.22 bits per heavy atom. The SMILES string of the molecule is C=C(N)C=N/C=C(\C)c1ccc2[nH]nc(-c3nc4c(-c5ccc(F)s5)cncc4[nH]3)c2c1. The van der Waals surface area contributed by atoms with Gasteiger partial charge in [0, 0.05) is 40.1 Å². The van der Waals surface area contributed by atoms with Gasteiger partial charge in [0.25, 0.3) is 0 Å². The van der Waals surface area contributed by atoms with Crippen molar-refractivity contribution in [3.05, 3.63) is 71.9 Å². The third-order valence-electron chi connectivity index (χ3n) is 4.98. The van der Waals surface area contributed by atoms with Crippen molar-refractivity contribution < 1.29 is 4.39 Å². The number of benzene rings is 1. The average molecular weight is 444 g/mol. The number of aromatic nitrogens is 5. The fraction of sp³-hybridized carbons (Fsp3) is 0.0435. The molecule has 4 heterocycles. The van der Waals surface area contributed by atoms with Crippen LogP contribution >= 0.6 is 11.3 Å². The lowest BCUT2D eigenvalue weighted by molar-refractivity contribution is 0.657. The molecule has 4 N–H and O–H groups in total. The molecule has 5 rings (SSSR count). The number of H-pyrrole nitrogens is 2. The topological polar surface area (TPSA) is 109 Å². The van der Waals surface area contributed by atoms with E-state index in [1.165, 1.54) is 12.3 Å². The van der Waals surface area contributed by atoms with Crippen molar-refractivity contribution in [1.82, 2.24) is 25.1 Å². The summed E-state index contributed by atoms with van der Waals surface area (Å²) in [4.78, 5) is 17.3. The Kier molecular flexibility index (Phi) is 4.87. The van der Waals surface area contributed by atoms with Crippen LogP contribution in [-0.2, 0) is 0 Å². The van der Waals surface area contributed by atoms with E-state index in [9.17, 15) is 4.39 Å². The van der Waals surface area contributed by atoms with Gasteiger partial charge in [-0.05, 0) is 42.3 Å². The van der Waals surface area contributed by atoms with Crippen molar-refractivity contribution in [3.8, 4) is 22.0 Å².